The number of methoxy groups -OCH3 is 1. The molecule has 0 radical (unpaired) electrons. The predicted octanol–water partition coefficient (Wildman–Crippen LogP) is 2.05. The number of halogens is 1. The van der Waals surface area contributed by atoms with Crippen LogP contribution in [-0.4, -0.2) is 42.2 Å². The highest BCUT2D eigenvalue weighted by Crippen LogP contribution is 2.30. The summed E-state index contributed by atoms with van der Waals surface area (Å²) in [5.74, 6) is 0.668. The average molecular weight is 314 g/mol. The van der Waals surface area contributed by atoms with Crippen molar-refractivity contribution >= 4 is 21.8 Å². The van der Waals surface area contributed by atoms with E-state index in [1.807, 2.05) is 0 Å². The first-order valence-electron chi connectivity index (χ1n) is 5.92. The molecule has 1 aromatic rings. The van der Waals surface area contributed by atoms with E-state index in [4.69, 9.17) is 9.84 Å². The molecule has 0 unspecified atom stereocenters. The van der Waals surface area contributed by atoms with Crippen LogP contribution in [0.5, 0.6) is 5.75 Å². The highest BCUT2D eigenvalue weighted by molar-refractivity contribution is 9.10. The number of aliphatic hydroxyl groups is 1. The third kappa shape index (κ3) is 2.84. The maximum Gasteiger partial charge on any atom is 0.254 e. The van der Waals surface area contributed by atoms with E-state index >= 15 is 0 Å². The Morgan fingerprint density at radius 3 is 2.78 bits per heavy atom. The molecule has 98 valence electrons. The molecule has 0 aliphatic heterocycles. The molecule has 1 N–H and O–H groups in total. The van der Waals surface area contributed by atoms with Crippen molar-refractivity contribution in [3.8, 4) is 5.75 Å². The van der Waals surface area contributed by atoms with Gasteiger partial charge in [0.1, 0.15) is 5.75 Å². The zero-order valence-electron chi connectivity index (χ0n) is 10.2. The SMILES string of the molecule is COc1ccc(C(=O)N(CCO)C2CC2)cc1Br. The Bertz CT molecular complexity index is 446. The minimum absolute atomic E-state index is 0.000432. The molecule has 2 rings (SSSR count). The molecule has 1 aliphatic rings. The molecule has 0 heterocycles. The van der Waals surface area contributed by atoms with Crippen LogP contribution < -0.4 is 4.74 Å². The summed E-state index contributed by atoms with van der Waals surface area (Å²) in [7, 11) is 1.59. The first-order chi connectivity index (χ1) is 8.67. The lowest BCUT2D eigenvalue weighted by Crippen LogP contribution is -2.35. The van der Waals surface area contributed by atoms with Gasteiger partial charge >= 0.3 is 0 Å². The van der Waals surface area contributed by atoms with Crippen LogP contribution in [0.15, 0.2) is 22.7 Å². The number of hydrogen-bond donors (Lipinski definition) is 1. The quantitative estimate of drug-likeness (QED) is 0.905. The van der Waals surface area contributed by atoms with E-state index in [2.05, 4.69) is 15.9 Å². The minimum atomic E-state index is -0.0325. The molecule has 0 atom stereocenters. The number of hydrogen-bond acceptors (Lipinski definition) is 3. The van der Waals surface area contributed by atoms with Crippen LogP contribution in [0.2, 0.25) is 0 Å². The van der Waals surface area contributed by atoms with Gasteiger partial charge in [0.15, 0.2) is 0 Å². The number of carbonyl (C=O) groups is 1. The fourth-order valence-electron chi connectivity index (χ4n) is 1.91. The highest BCUT2D eigenvalue weighted by Gasteiger charge is 2.32. The lowest BCUT2D eigenvalue weighted by Gasteiger charge is -2.21. The summed E-state index contributed by atoms with van der Waals surface area (Å²) in [6, 6.07) is 5.57. The van der Waals surface area contributed by atoms with Crippen molar-refractivity contribution in [2.45, 2.75) is 18.9 Å². The molecule has 1 amide bonds. The molecule has 0 spiro atoms. The number of rotatable bonds is 5. The van der Waals surface area contributed by atoms with Crippen LogP contribution in [0.4, 0.5) is 0 Å². The minimum Gasteiger partial charge on any atom is -0.496 e. The van der Waals surface area contributed by atoms with E-state index in [0.29, 0.717) is 23.9 Å². The van der Waals surface area contributed by atoms with Crippen LogP contribution >= 0.6 is 15.9 Å². The Kier molecular flexibility index (Phi) is 4.24. The Labute approximate surface area is 115 Å². The predicted molar refractivity (Wildman–Crippen MR) is 71.8 cm³/mol. The molecule has 18 heavy (non-hydrogen) atoms. The van der Waals surface area contributed by atoms with Crippen LogP contribution in [-0.2, 0) is 0 Å². The van der Waals surface area contributed by atoms with Gasteiger partial charge in [0.2, 0.25) is 0 Å². The van der Waals surface area contributed by atoms with Gasteiger partial charge in [0.05, 0.1) is 18.2 Å². The fraction of sp³-hybridized carbons (Fsp3) is 0.462. The zero-order chi connectivity index (χ0) is 13.1. The number of nitrogens with zero attached hydrogens (tertiary/aromatic N) is 1. The Morgan fingerprint density at radius 2 is 2.28 bits per heavy atom. The third-order valence-corrected chi connectivity index (χ3v) is 3.61. The lowest BCUT2D eigenvalue weighted by molar-refractivity contribution is 0.0707. The maximum atomic E-state index is 12.3. The number of amides is 1. The van der Waals surface area contributed by atoms with Crippen molar-refractivity contribution in [3.63, 3.8) is 0 Å². The van der Waals surface area contributed by atoms with Gasteiger partial charge in [-0.2, -0.15) is 0 Å². The van der Waals surface area contributed by atoms with Crippen molar-refractivity contribution < 1.29 is 14.6 Å². The summed E-state index contributed by atoms with van der Waals surface area (Å²) >= 11 is 3.37. The molecule has 1 aromatic carbocycles. The molecule has 1 aliphatic carbocycles. The molecular formula is C13H16BrNO3. The van der Waals surface area contributed by atoms with Crippen molar-refractivity contribution in [1.29, 1.82) is 0 Å². The van der Waals surface area contributed by atoms with E-state index in [0.717, 1.165) is 17.3 Å². The average Bonchev–Trinajstić information content (AvgIpc) is 3.19. The normalized spacial score (nSPS) is 14.4. The van der Waals surface area contributed by atoms with Crippen LogP contribution in [0, 0.1) is 0 Å². The second kappa shape index (κ2) is 5.71. The second-order valence-corrected chi connectivity index (χ2v) is 5.16. The van der Waals surface area contributed by atoms with Crippen molar-refractivity contribution in [3.05, 3.63) is 28.2 Å². The van der Waals surface area contributed by atoms with Crippen molar-refractivity contribution in [2.24, 2.45) is 0 Å². The van der Waals surface area contributed by atoms with E-state index < -0.39 is 0 Å². The van der Waals surface area contributed by atoms with Gasteiger partial charge in [0, 0.05) is 18.2 Å². The fourth-order valence-corrected chi connectivity index (χ4v) is 2.45. The standard InChI is InChI=1S/C13H16BrNO3/c1-18-12-5-2-9(8-11(12)14)13(17)15(6-7-16)10-3-4-10/h2,5,8,10,16H,3-4,6-7H2,1H3. The second-order valence-electron chi connectivity index (χ2n) is 4.30. The number of ether oxygens (including phenoxy) is 1. The van der Waals surface area contributed by atoms with Gasteiger partial charge in [-0.15, -0.1) is 0 Å². The topological polar surface area (TPSA) is 49.8 Å². The van der Waals surface area contributed by atoms with Gasteiger partial charge in [0.25, 0.3) is 5.91 Å². The monoisotopic (exact) mass is 313 g/mol. The zero-order valence-corrected chi connectivity index (χ0v) is 11.8. The molecule has 0 bridgehead atoms. The Hall–Kier alpha value is -1.07. The van der Waals surface area contributed by atoms with Gasteiger partial charge in [-0.3, -0.25) is 4.79 Å². The van der Waals surface area contributed by atoms with E-state index in [1.54, 1.807) is 30.2 Å². The van der Waals surface area contributed by atoms with E-state index in [9.17, 15) is 4.79 Å². The summed E-state index contributed by atoms with van der Waals surface area (Å²) in [4.78, 5) is 14.1. The van der Waals surface area contributed by atoms with Gasteiger partial charge in [-0.1, -0.05) is 0 Å². The van der Waals surface area contributed by atoms with Gasteiger partial charge in [-0.05, 0) is 47.0 Å². The van der Waals surface area contributed by atoms with Crippen LogP contribution in [0.1, 0.15) is 23.2 Å². The number of aliphatic hydroxyl groups excluding tert-OH is 1. The summed E-state index contributed by atoms with van der Waals surface area (Å²) < 4.78 is 5.90. The summed E-state index contributed by atoms with van der Waals surface area (Å²) in [5, 5.41) is 9.02. The molecule has 0 aromatic heterocycles. The molecule has 4 nitrogen and oxygen atoms in total. The van der Waals surface area contributed by atoms with Crippen LogP contribution in [0.25, 0.3) is 0 Å². The van der Waals surface area contributed by atoms with Crippen LogP contribution in [0.3, 0.4) is 0 Å². The smallest absolute Gasteiger partial charge is 0.254 e. The number of benzene rings is 1. The Morgan fingerprint density at radius 1 is 1.56 bits per heavy atom. The summed E-state index contributed by atoms with van der Waals surface area (Å²) in [6.45, 7) is 0.396. The molecule has 1 saturated carbocycles. The van der Waals surface area contributed by atoms with Gasteiger partial charge < -0.3 is 14.7 Å². The first-order valence-corrected chi connectivity index (χ1v) is 6.72. The molecule has 5 heteroatoms. The van der Waals surface area contributed by atoms with Crippen molar-refractivity contribution in [1.82, 2.24) is 4.90 Å². The summed E-state index contributed by atoms with van der Waals surface area (Å²) in [5.41, 5.74) is 0.614. The largest absolute Gasteiger partial charge is 0.496 e. The highest BCUT2D eigenvalue weighted by atomic mass is 79.9. The molecule has 1 fully saturated rings. The lowest BCUT2D eigenvalue weighted by atomic mass is 10.2. The van der Waals surface area contributed by atoms with E-state index in [-0.39, 0.29) is 12.5 Å². The Balaban J connectivity index is 2.18. The molecule has 0 saturated heterocycles. The van der Waals surface area contributed by atoms with Gasteiger partial charge in [-0.25, -0.2) is 0 Å². The first kappa shape index (κ1) is 13.4. The number of carbonyl (C=O) groups excluding carboxylic acids is 1. The molecular weight excluding hydrogens is 298 g/mol. The third-order valence-electron chi connectivity index (χ3n) is 2.99. The van der Waals surface area contributed by atoms with E-state index in [1.165, 1.54) is 0 Å². The maximum absolute atomic E-state index is 12.3. The van der Waals surface area contributed by atoms with Crippen molar-refractivity contribution in [2.75, 3.05) is 20.3 Å². The summed E-state index contributed by atoms with van der Waals surface area (Å²) in [6.07, 6.45) is 2.06.